The predicted octanol–water partition coefficient (Wildman–Crippen LogP) is 2.77. The van der Waals surface area contributed by atoms with Gasteiger partial charge in [-0.3, -0.25) is 0 Å². The van der Waals surface area contributed by atoms with Crippen molar-refractivity contribution in [3.8, 4) is 0 Å². The predicted molar refractivity (Wildman–Crippen MR) is 59.5 cm³/mol. The number of nitrogens with two attached hydrogens (primary N) is 1. The third-order valence-corrected chi connectivity index (χ3v) is 2.47. The van der Waals surface area contributed by atoms with Crippen molar-refractivity contribution in [2.45, 2.75) is 58.4 Å². The van der Waals surface area contributed by atoms with Crippen molar-refractivity contribution >= 4 is 0 Å². The second kappa shape index (κ2) is 5.85. The number of hydrogen-bond acceptors (Lipinski definition) is 4. The smallest absolute Gasteiger partial charge is 0.232 e. The lowest BCUT2D eigenvalue weighted by atomic mass is 9.98. The van der Waals surface area contributed by atoms with Gasteiger partial charge in [-0.05, 0) is 19.8 Å². The average molecular weight is 211 g/mol. The summed E-state index contributed by atoms with van der Waals surface area (Å²) in [6.07, 6.45) is 4.49. The Morgan fingerprint density at radius 3 is 2.07 bits per heavy atom. The van der Waals surface area contributed by atoms with Crippen molar-refractivity contribution in [1.29, 1.82) is 0 Å². The summed E-state index contributed by atoms with van der Waals surface area (Å²) in [6.45, 7) is 6.20. The average Bonchev–Trinajstić information content (AvgIpc) is 2.66. The van der Waals surface area contributed by atoms with Gasteiger partial charge in [0.25, 0.3) is 0 Å². The Morgan fingerprint density at radius 2 is 1.67 bits per heavy atom. The highest BCUT2D eigenvalue weighted by molar-refractivity contribution is 4.93. The van der Waals surface area contributed by atoms with Gasteiger partial charge in [0.1, 0.15) is 0 Å². The number of nitrogens with zero attached hydrogens (tertiary/aromatic N) is 2. The Morgan fingerprint density at radius 1 is 1.13 bits per heavy atom. The normalized spacial score (nSPS) is 13.4. The molecule has 0 aliphatic rings. The van der Waals surface area contributed by atoms with E-state index in [0.717, 1.165) is 31.6 Å². The third kappa shape index (κ3) is 3.30. The lowest BCUT2D eigenvalue weighted by Crippen LogP contribution is -2.04. The number of aromatic nitrogens is 2. The molecule has 0 amide bonds. The maximum atomic E-state index is 5.68. The fraction of sp³-hybridized carbons (Fsp3) is 0.818. The fourth-order valence-electron chi connectivity index (χ4n) is 1.68. The van der Waals surface area contributed by atoms with E-state index >= 15 is 0 Å². The zero-order chi connectivity index (χ0) is 11.3. The molecule has 0 saturated heterocycles. The molecule has 4 nitrogen and oxygen atoms in total. The molecule has 1 atom stereocenters. The topological polar surface area (TPSA) is 64.9 Å². The summed E-state index contributed by atoms with van der Waals surface area (Å²) in [5.41, 5.74) is 5.68. The van der Waals surface area contributed by atoms with E-state index in [-0.39, 0.29) is 6.04 Å². The van der Waals surface area contributed by atoms with Crippen molar-refractivity contribution in [2.24, 2.45) is 5.73 Å². The van der Waals surface area contributed by atoms with Gasteiger partial charge in [0.05, 0.1) is 6.04 Å². The van der Waals surface area contributed by atoms with Gasteiger partial charge in [0, 0.05) is 5.92 Å². The molecule has 1 heterocycles. The quantitative estimate of drug-likeness (QED) is 0.785. The minimum absolute atomic E-state index is 0.171. The van der Waals surface area contributed by atoms with Crippen LogP contribution in [0.15, 0.2) is 4.42 Å². The van der Waals surface area contributed by atoms with Gasteiger partial charge in [-0.25, -0.2) is 0 Å². The minimum Gasteiger partial charge on any atom is -0.423 e. The first kappa shape index (κ1) is 12.2. The molecular weight excluding hydrogens is 190 g/mol. The van der Waals surface area contributed by atoms with E-state index < -0.39 is 0 Å². The van der Waals surface area contributed by atoms with E-state index in [9.17, 15) is 0 Å². The molecule has 1 aromatic heterocycles. The van der Waals surface area contributed by atoms with Gasteiger partial charge in [0.15, 0.2) is 0 Å². The van der Waals surface area contributed by atoms with E-state index in [4.69, 9.17) is 10.2 Å². The highest BCUT2D eigenvalue weighted by atomic mass is 16.4. The van der Waals surface area contributed by atoms with Crippen molar-refractivity contribution in [1.82, 2.24) is 10.2 Å². The zero-order valence-electron chi connectivity index (χ0n) is 9.86. The summed E-state index contributed by atoms with van der Waals surface area (Å²) in [5, 5.41) is 8.04. The molecule has 1 rings (SSSR count). The highest BCUT2D eigenvalue weighted by Crippen LogP contribution is 2.25. The molecular formula is C11H21N3O. The van der Waals surface area contributed by atoms with E-state index in [1.165, 1.54) is 0 Å². The standard InChI is InChI=1S/C11H21N3O/c1-4-6-9(7-5-2)11-14-13-10(15-11)8(3)12/h8-9H,4-7,12H2,1-3H3. The van der Waals surface area contributed by atoms with Gasteiger partial charge in [0.2, 0.25) is 11.8 Å². The molecule has 0 saturated carbocycles. The monoisotopic (exact) mass is 211 g/mol. The van der Waals surface area contributed by atoms with Crippen LogP contribution in [0.5, 0.6) is 0 Å². The van der Waals surface area contributed by atoms with Crippen LogP contribution in [0.3, 0.4) is 0 Å². The van der Waals surface area contributed by atoms with Gasteiger partial charge in [-0.2, -0.15) is 0 Å². The Balaban J connectivity index is 2.72. The van der Waals surface area contributed by atoms with Crippen LogP contribution in [0.4, 0.5) is 0 Å². The van der Waals surface area contributed by atoms with Gasteiger partial charge in [-0.15, -0.1) is 10.2 Å². The molecule has 0 fully saturated rings. The Kier molecular flexibility index (Phi) is 4.75. The molecule has 86 valence electrons. The van der Waals surface area contributed by atoms with Gasteiger partial charge in [-0.1, -0.05) is 26.7 Å². The second-order valence-electron chi connectivity index (χ2n) is 4.04. The Labute approximate surface area is 91.3 Å². The maximum absolute atomic E-state index is 5.68. The molecule has 1 aromatic rings. The molecule has 15 heavy (non-hydrogen) atoms. The molecule has 0 aliphatic carbocycles. The SMILES string of the molecule is CCCC(CCC)c1nnc(C(C)N)o1. The van der Waals surface area contributed by atoms with Crippen LogP contribution in [0.1, 0.15) is 70.2 Å². The summed E-state index contributed by atoms with van der Waals surface area (Å²) in [4.78, 5) is 0. The van der Waals surface area contributed by atoms with E-state index in [2.05, 4.69) is 24.0 Å². The molecule has 0 aromatic carbocycles. The lowest BCUT2D eigenvalue weighted by Gasteiger charge is -2.09. The first-order chi connectivity index (χ1) is 7.19. The van der Waals surface area contributed by atoms with E-state index in [0.29, 0.717) is 11.8 Å². The fourth-order valence-corrected chi connectivity index (χ4v) is 1.68. The van der Waals surface area contributed by atoms with Crippen molar-refractivity contribution in [3.63, 3.8) is 0 Å². The van der Waals surface area contributed by atoms with Crippen LogP contribution in [0, 0.1) is 0 Å². The van der Waals surface area contributed by atoms with E-state index in [1.54, 1.807) is 0 Å². The Hall–Kier alpha value is -0.900. The first-order valence-corrected chi connectivity index (χ1v) is 5.77. The van der Waals surface area contributed by atoms with Crippen LogP contribution in [0.25, 0.3) is 0 Å². The summed E-state index contributed by atoms with van der Waals surface area (Å²) >= 11 is 0. The largest absolute Gasteiger partial charge is 0.423 e. The lowest BCUT2D eigenvalue weighted by molar-refractivity contribution is 0.377. The van der Waals surface area contributed by atoms with Crippen LogP contribution in [0.2, 0.25) is 0 Å². The van der Waals surface area contributed by atoms with Crippen LogP contribution in [-0.2, 0) is 0 Å². The maximum Gasteiger partial charge on any atom is 0.232 e. The number of rotatable bonds is 6. The van der Waals surface area contributed by atoms with Crippen LogP contribution < -0.4 is 5.73 Å². The first-order valence-electron chi connectivity index (χ1n) is 5.77. The van der Waals surface area contributed by atoms with Crippen molar-refractivity contribution < 1.29 is 4.42 Å². The minimum atomic E-state index is -0.171. The number of hydrogen-bond donors (Lipinski definition) is 1. The summed E-state index contributed by atoms with van der Waals surface area (Å²) in [5.74, 6) is 1.70. The summed E-state index contributed by atoms with van der Waals surface area (Å²) < 4.78 is 5.57. The zero-order valence-corrected chi connectivity index (χ0v) is 9.86. The van der Waals surface area contributed by atoms with E-state index in [1.807, 2.05) is 6.92 Å². The summed E-state index contributed by atoms with van der Waals surface area (Å²) in [6, 6.07) is -0.171. The summed E-state index contributed by atoms with van der Waals surface area (Å²) in [7, 11) is 0. The molecule has 2 N–H and O–H groups in total. The molecule has 0 radical (unpaired) electrons. The molecule has 0 aliphatic heterocycles. The van der Waals surface area contributed by atoms with Gasteiger partial charge >= 0.3 is 0 Å². The third-order valence-electron chi connectivity index (χ3n) is 2.47. The molecule has 0 bridgehead atoms. The van der Waals surface area contributed by atoms with Crippen LogP contribution in [-0.4, -0.2) is 10.2 Å². The molecule has 1 unspecified atom stereocenters. The molecule has 4 heteroatoms. The Bertz CT molecular complexity index is 277. The van der Waals surface area contributed by atoms with Gasteiger partial charge < -0.3 is 10.2 Å². The van der Waals surface area contributed by atoms with Crippen LogP contribution >= 0.6 is 0 Å². The second-order valence-corrected chi connectivity index (χ2v) is 4.04. The van der Waals surface area contributed by atoms with Crippen molar-refractivity contribution in [3.05, 3.63) is 11.8 Å². The van der Waals surface area contributed by atoms with Crippen molar-refractivity contribution in [2.75, 3.05) is 0 Å². The highest BCUT2D eigenvalue weighted by Gasteiger charge is 2.18. The molecule has 0 spiro atoms.